The van der Waals surface area contributed by atoms with E-state index in [-0.39, 0.29) is 0 Å². The van der Waals surface area contributed by atoms with Gasteiger partial charge in [-0.2, -0.15) is 0 Å². The zero-order chi connectivity index (χ0) is 14.8. The van der Waals surface area contributed by atoms with Crippen molar-refractivity contribution >= 4 is 0 Å². The van der Waals surface area contributed by atoms with Crippen LogP contribution in [0.4, 0.5) is 0 Å². The molecule has 112 valence electrons. The molecule has 0 N–H and O–H groups in total. The summed E-state index contributed by atoms with van der Waals surface area (Å²) in [6, 6.07) is 22.0. The van der Waals surface area contributed by atoms with Crippen LogP contribution in [0.2, 0.25) is 0 Å². The van der Waals surface area contributed by atoms with Crippen LogP contribution in [0.25, 0.3) is 0 Å². The van der Waals surface area contributed by atoms with Crippen molar-refractivity contribution in [2.75, 3.05) is 0 Å². The van der Waals surface area contributed by atoms with Crippen LogP contribution in [0.3, 0.4) is 0 Å². The molecule has 0 aromatic heterocycles. The standard InChI is InChI=1S/C22H24/c1-4-10-17(11-5-1)21(18-12-6-2-7-13-18)16-22-19-14-8-3-9-15-20(19)22/h1-2,4-7,10-13,16,19-21H,3,8-9,14-15H2/t19-,20-/m0/s1. The van der Waals surface area contributed by atoms with E-state index in [2.05, 4.69) is 66.7 Å². The highest BCUT2D eigenvalue weighted by molar-refractivity contribution is 5.42. The van der Waals surface area contributed by atoms with Crippen molar-refractivity contribution in [3.8, 4) is 0 Å². The average Bonchev–Trinajstić information content (AvgIpc) is 3.29. The lowest BCUT2D eigenvalue weighted by Gasteiger charge is -2.14. The van der Waals surface area contributed by atoms with Crippen molar-refractivity contribution in [2.45, 2.75) is 38.0 Å². The van der Waals surface area contributed by atoms with Gasteiger partial charge in [0.25, 0.3) is 0 Å². The lowest BCUT2D eigenvalue weighted by atomic mass is 9.90. The maximum Gasteiger partial charge on any atom is 0.0272 e. The van der Waals surface area contributed by atoms with E-state index >= 15 is 0 Å². The second-order valence-corrected chi connectivity index (χ2v) is 6.82. The monoisotopic (exact) mass is 288 g/mol. The summed E-state index contributed by atoms with van der Waals surface area (Å²) < 4.78 is 0. The van der Waals surface area contributed by atoms with Gasteiger partial charge in [-0.3, -0.25) is 0 Å². The summed E-state index contributed by atoms with van der Waals surface area (Å²) in [4.78, 5) is 0. The molecule has 22 heavy (non-hydrogen) atoms. The van der Waals surface area contributed by atoms with Crippen LogP contribution in [-0.4, -0.2) is 0 Å². The van der Waals surface area contributed by atoms with Crippen molar-refractivity contribution in [3.63, 3.8) is 0 Å². The summed E-state index contributed by atoms with van der Waals surface area (Å²) in [6.45, 7) is 0. The third-order valence-electron chi connectivity index (χ3n) is 5.44. The Balaban J connectivity index is 1.67. The van der Waals surface area contributed by atoms with Gasteiger partial charge in [-0.25, -0.2) is 0 Å². The van der Waals surface area contributed by atoms with Crippen LogP contribution in [0, 0.1) is 11.8 Å². The summed E-state index contributed by atoms with van der Waals surface area (Å²) in [5, 5.41) is 0. The molecular weight excluding hydrogens is 264 g/mol. The summed E-state index contributed by atoms with van der Waals surface area (Å²) >= 11 is 0. The van der Waals surface area contributed by atoms with Gasteiger partial charge in [-0.05, 0) is 35.8 Å². The van der Waals surface area contributed by atoms with Crippen LogP contribution in [-0.2, 0) is 0 Å². The van der Waals surface area contributed by atoms with Crippen molar-refractivity contribution in [1.29, 1.82) is 0 Å². The van der Waals surface area contributed by atoms with Gasteiger partial charge >= 0.3 is 0 Å². The maximum absolute atomic E-state index is 2.59. The zero-order valence-corrected chi connectivity index (χ0v) is 13.1. The Kier molecular flexibility index (Phi) is 3.84. The first-order valence-electron chi connectivity index (χ1n) is 8.75. The Morgan fingerprint density at radius 1 is 0.682 bits per heavy atom. The number of rotatable bonds is 3. The van der Waals surface area contributed by atoms with Gasteiger partial charge in [0.15, 0.2) is 0 Å². The van der Waals surface area contributed by atoms with Crippen LogP contribution in [0.15, 0.2) is 72.3 Å². The minimum atomic E-state index is 0.421. The summed E-state index contributed by atoms with van der Waals surface area (Å²) in [5.74, 6) is 2.22. The van der Waals surface area contributed by atoms with Gasteiger partial charge in [0.05, 0.1) is 0 Å². The van der Waals surface area contributed by atoms with E-state index in [1.54, 1.807) is 5.57 Å². The van der Waals surface area contributed by atoms with E-state index in [0.29, 0.717) is 5.92 Å². The van der Waals surface area contributed by atoms with Crippen molar-refractivity contribution < 1.29 is 0 Å². The fourth-order valence-electron chi connectivity index (χ4n) is 4.19. The van der Waals surface area contributed by atoms with Gasteiger partial charge in [-0.15, -0.1) is 0 Å². The Hall–Kier alpha value is -1.82. The van der Waals surface area contributed by atoms with Crippen LogP contribution in [0.5, 0.6) is 0 Å². The number of benzene rings is 2. The van der Waals surface area contributed by atoms with E-state index in [9.17, 15) is 0 Å². The molecule has 2 aliphatic rings. The van der Waals surface area contributed by atoms with Crippen molar-refractivity contribution in [2.24, 2.45) is 11.8 Å². The topological polar surface area (TPSA) is 0 Å². The molecule has 0 amide bonds. The highest BCUT2D eigenvalue weighted by Crippen LogP contribution is 2.54. The molecule has 0 nitrogen and oxygen atoms in total. The molecule has 2 aromatic carbocycles. The van der Waals surface area contributed by atoms with Crippen molar-refractivity contribution in [1.82, 2.24) is 0 Å². The molecule has 2 aliphatic carbocycles. The first-order chi connectivity index (χ1) is 10.9. The molecule has 0 radical (unpaired) electrons. The predicted molar refractivity (Wildman–Crippen MR) is 92.9 cm³/mol. The van der Waals surface area contributed by atoms with E-state index in [0.717, 1.165) is 11.8 Å². The van der Waals surface area contributed by atoms with E-state index in [1.165, 1.54) is 43.2 Å². The van der Waals surface area contributed by atoms with E-state index < -0.39 is 0 Å². The Morgan fingerprint density at radius 3 is 1.68 bits per heavy atom. The number of hydrogen-bond acceptors (Lipinski definition) is 0. The van der Waals surface area contributed by atoms with Gasteiger partial charge in [0, 0.05) is 5.92 Å². The highest BCUT2D eigenvalue weighted by atomic mass is 14.5. The lowest BCUT2D eigenvalue weighted by molar-refractivity contribution is 0.663. The highest BCUT2D eigenvalue weighted by Gasteiger charge is 2.43. The van der Waals surface area contributed by atoms with Gasteiger partial charge < -0.3 is 0 Å². The quantitative estimate of drug-likeness (QED) is 0.612. The first kappa shape index (κ1) is 13.8. The summed E-state index contributed by atoms with van der Waals surface area (Å²) in [7, 11) is 0. The minimum Gasteiger partial charge on any atom is -0.0728 e. The predicted octanol–water partition coefficient (Wildman–Crippen LogP) is 5.96. The van der Waals surface area contributed by atoms with Crippen LogP contribution >= 0.6 is 0 Å². The van der Waals surface area contributed by atoms with Crippen molar-refractivity contribution in [3.05, 3.63) is 83.4 Å². The first-order valence-corrected chi connectivity index (χ1v) is 8.75. The minimum absolute atomic E-state index is 0.421. The second kappa shape index (κ2) is 6.12. The summed E-state index contributed by atoms with van der Waals surface area (Å²) in [5.41, 5.74) is 4.59. The Morgan fingerprint density at radius 2 is 1.18 bits per heavy atom. The van der Waals surface area contributed by atoms with Crippen LogP contribution in [0.1, 0.15) is 49.1 Å². The molecule has 4 rings (SSSR count). The molecule has 2 saturated carbocycles. The third kappa shape index (κ3) is 2.75. The van der Waals surface area contributed by atoms with E-state index in [1.807, 2.05) is 0 Å². The molecular formula is C22H24. The largest absolute Gasteiger partial charge is 0.0728 e. The molecule has 2 fully saturated rings. The van der Waals surface area contributed by atoms with E-state index in [4.69, 9.17) is 0 Å². The van der Waals surface area contributed by atoms with Gasteiger partial charge in [-0.1, -0.05) is 91.6 Å². The Bertz CT molecular complexity index is 585. The molecule has 0 heteroatoms. The number of hydrogen-bond donors (Lipinski definition) is 0. The molecule has 0 saturated heterocycles. The molecule has 0 heterocycles. The summed E-state index contributed by atoms with van der Waals surface area (Å²) in [6.07, 6.45) is 9.74. The molecule has 0 aliphatic heterocycles. The normalized spacial score (nSPS) is 23.8. The lowest BCUT2D eigenvalue weighted by Crippen LogP contribution is -1.97. The maximum atomic E-state index is 2.59. The molecule has 0 spiro atoms. The van der Waals surface area contributed by atoms with Crippen LogP contribution < -0.4 is 0 Å². The van der Waals surface area contributed by atoms with Gasteiger partial charge in [0.1, 0.15) is 0 Å². The zero-order valence-electron chi connectivity index (χ0n) is 13.1. The number of allylic oxidation sites excluding steroid dienone is 2. The SMILES string of the molecule is C(=C1[C@H]2CCCCC[C@H]12)C(c1ccccc1)c1ccccc1. The fourth-order valence-corrected chi connectivity index (χ4v) is 4.19. The third-order valence-corrected chi connectivity index (χ3v) is 5.44. The number of fused-ring (bicyclic) bond motifs is 1. The molecule has 2 atom stereocenters. The molecule has 0 unspecified atom stereocenters. The molecule has 2 aromatic rings. The fraction of sp³-hybridized carbons (Fsp3) is 0.364. The Labute approximate surface area is 133 Å². The second-order valence-electron chi connectivity index (χ2n) is 6.82. The average molecular weight is 288 g/mol. The van der Waals surface area contributed by atoms with Gasteiger partial charge in [0.2, 0.25) is 0 Å². The molecule has 0 bridgehead atoms. The smallest absolute Gasteiger partial charge is 0.0272 e.